The number of ether oxygens (including phenoxy) is 1. The number of aryl methyl sites for hydroxylation is 1. The van der Waals surface area contributed by atoms with Gasteiger partial charge in [0, 0.05) is 30.3 Å². The summed E-state index contributed by atoms with van der Waals surface area (Å²) in [7, 11) is 2.36. The molecule has 0 atom stereocenters. The number of piperazine rings is 1. The van der Waals surface area contributed by atoms with E-state index in [-0.39, 0.29) is 29.9 Å². The van der Waals surface area contributed by atoms with Crippen molar-refractivity contribution in [3.8, 4) is 5.75 Å². The van der Waals surface area contributed by atoms with Gasteiger partial charge in [-0.3, -0.25) is 4.79 Å². The smallest absolute Gasteiger partial charge is 0.224 e. The van der Waals surface area contributed by atoms with Crippen molar-refractivity contribution >= 4 is 17.3 Å². The summed E-state index contributed by atoms with van der Waals surface area (Å²) in [4.78, 5) is 14.0. The number of benzene rings is 2. The second-order valence-electron chi connectivity index (χ2n) is 8.18. The molecule has 2 aliphatic heterocycles. The maximum Gasteiger partial charge on any atom is 0.224 e. The van der Waals surface area contributed by atoms with Gasteiger partial charge in [0.15, 0.2) is 0 Å². The third-order valence-electron chi connectivity index (χ3n) is 6.03. The molecule has 0 saturated carbocycles. The molecule has 4 rings (SSSR count). The van der Waals surface area contributed by atoms with Crippen molar-refractivity contribution in [1.82, 2.24) is 0 Å². The first-order valence-electron chi connectivity index (χ1n) is 10.3. The number of likely N-dealkylation sites (N-methyl/N-ethyl adjacent to an activating group) is 1. The number of carbonyl (C=O) groups excluding carboxylic acids is 1. The molecule has 29 heavy (non-hydrogen) atoms. The van der Waals surface area contributed by atoms with Crippen molar-refractivity contribution in [3.05, 3.63) is 54.1 Å². The molecule has 0 unspecified atom stereocenters. The third kappa shape index (κ3) is 5.63. The van der Waals surface area contributed by atoms with Crippen LogP contribution >= 0.6 is 0 Å². The topological polar surface area (TPSA) is 41.6 Å². The minimum atomic E-state index is 0. The standard InChI is InChI=1S/C23H29N3O2.HI/c1-26(15-12-25(13-16-26)20-6-3-2-4-7-20)14-5-17-28-21-10-8-19-9-11-23(27)24-22(19)18-21;/h2-4,6-8,10,18H,5,9,11-17H2,1H3;1H. The molecule has 0 bridgehead atoms. The van der Waals surface area contributed by atoms with E-state index in [2.05, 4.69) is 53.7 Å². The summed E-state index contributed by atoms with van der Waals surface area (Å²) in [6, 6.07) is 16.7. The summed E-state index contributed by atoms with van der Waals surface area (Å²) in [5.74, 6) is 0.939. The zero-order valence-electron chi connectivity index (χ0n) is 17.1. The Morgan fingerprint density at radius 3 is 2.59 bits per heavy atom. The summed E-state index contributed by atoms with van der Waals surface area (Å²) in [6.07, 6.45) is 2.42. The van der Waals surface area contributed by atoms with Crippen LogP contribution < -0.4 is 38.9 Å². The predicted molar refractivity (Wildman–Crippen MR) is 113 cm³/mol. The molecular weight excluding hydrogens is 477 g/mol. The lowest BCUT2D eigenvalue weighted by molar-refractivity contribution is -0.910. The summed E-state index contributed by atoms with van der Waals surface area (Å²) < 4.78 is 7.07. The minimum absolute atomic E-state index is 0. The Bertz CT molecular complexity index is 820. The lowest BCUT2D eigenvalue weighted by Crippen LogP contribution is -3.00. The lowest BCUT2D eigenvalue weighted by atomic mass is 10.0. The van der Waals surface area contributed by atoms with E-state index in [1.54, 1.807) is 0 Å². The van der Waals surface area contributed by atoms with Gasteiger partial charge in [0.05, 0.1) is 46.4 Å². The van der Waals surface area contributed by atoms with Crippen LogP contribution in [0.5, 0.6) is 5.75 Å². The first-order valence-corrected chi connectivity index (χ1v) is 10.3. The van der Waals surface area contributed by atoms with Gasteiger partial charge in [-0.05, 0) is 30.2 Å². The Balaban J connectivity index is 0.00000240. The third-order valence-corrected chi connectivity index (χ3v) is 6.03. The highest BCUT2D eigenvalue weighted by molar-refractivity contribution is 5.94. The van der Waals surface area contributed by atoms with Crippen molar-refractivity contribution in [1.29, 1.82) is 0 Å². The fraction of sp³-hybridized carbons (Fsp3) is 0.435. The molecule has 2 aromatic rings. The number of halogens is 1. The average Bonchev–Trinajstić information content (AvgIpc) is 2.72. The second kappa shape index (κ2) is 9.80. The van der Waals surface area contributed by atoms with Crippen LogP contribution in [0.3, 0.4) is 0 Å². The average molecular weight is 507 g/mol. The predicted octanol–water partition coefficient (Wildman–Crippen LogP) is 0.311. The minimum Gasteiger partial charge on any atom is -1.00 e. The van der Waals surface area contributed by atoms with Crippen LogP contribution in [0.15, 0.2) is 48.5 Å². The van der Waals surface area contributed by atoms with Gasteiger partial charge < -0.3 is 43.4 Å². The summed E-state index contributed by atoms with van der Waals surface area (Å²) >= 11 is 0. The monoisotopic (exact) mass is 507 g/mol. The van der Waals surface area contributed by atoms with Gasteiger partial charge in [-0.15, -0.1) is 0 Å². The van der Waals surface area contributed by atoms with E-state index >= 15 is 0 Å². The normalized spacial score (nSPS) is 17.7. The quantitative estimate of drug-likeness (QED) is 0.348. The van der Waals surface area contributed by atoms with Crippen molar-refractivity contribution in [2.75, 3.05) is 56.6 Å². The largest absolute Gasteiger partial charge is 1.00 e. The van der Waals surface area contributed by atoms with Gasteiger partial charge in [-0.1, -0.05) is 24.3 Å². The molecule has 2 aromatic carbocycles. The van der Waals surface area contributed by atoms with E-state index in [1.165, 1.54) is 24.3 Å². The number of fused-ring (bicyclic) bond motifs is 1. The van der Waals surface area contributed by atoms with Gasteiger partial charge in [0.25, 0.3) is 0 Å². The molecule has 1 amide bonds. The van der Waals surface area contributed by atoms with E-state index in [4.69, 9.17) is 4.74 Å². The van der Waals surface area contributed by atoms with Crippen LogP contribution in [-0.4, -0.2) is 56.8 Å². The highest BCUT2D eigenvalue weighted by Crippen LogP contribution is 2.27. The molecule has 0 spiro atoms. The van der Waals surface area contributed by atoms with Crippen LogP contribution in [0.25, 0.3) is 0 Å². The van der Waals surface area contributed by atoms with Gasteiger partial charge in [0.1, 0.15) is 5.75 Å². The Hall–Kier alpha value is -1.80. The number of nitrogens with zero attached hydrogens (tertiary/aromatic N) is 2. The van der Waals surface area contributed by atoms with E-state index < -0.39 is 0 Å². The van der Waals surface area contributed by atoms with Gasteiger partial charge in [0.2, 0.25) is 5.91 Å². The van der Waals surface area contributed by atoms with E-state index in [0.717, 1.165) is 48.4 Å². The number of nitrogens with one attached hydrogen (secondary N) is 1. The molecule has 156 valence electrons. The molecule has 5 nitrogen and oxygen atoms in total. The summed E-state index contributed by atoms with van der Waals surface area (Å²) in [5.41, 5.74) is 3.43. The molecule has 0 aliphatic carbocycles. The first-order chi connectivity index (χ1) is 13.6. The maximum atomic E-state index is 11.6. The zero-order valence-corrected chi connectivity index (χ0v) is 19.2. The Kier molecular flexibility index (Phi) is 7.40. The molecule has 0 aromatic heterocycles. The molecular formula is C23H30IN3O2. The number of carbonyl (C=O) groups is 1. The lowest BCUT2D eigenvalue weighted by Gasteiger charge is -2.43. The van der Waals surface area contributed by atoms with Crippen molar-refractivity contribution < 1.29 is 38.0 Å². The number of rotatable bonds is 6. The highest BCUT2D eigenvalue weighted by Gasteiger charge is 2.28. The van der Waals surface area contributed by atoms with Gasteiger partial charge in [-0.2, -0.15) is 0 Å². The first kappa shape index (κ1) is 21.9. The Morgan fingerprint density at radius 1 is 1.07 bits per heavy atom. The van der Waals surface area contributed by atoms with Crippen molar-refractivity contribution in [2.45, 2.75) is 19.3 Å². The number of hydrogen-bond donors (Lipinski definition) is 1. The number of anilines is 2. The Labute approximate surface area is 190 Å². The van der Waals surface area contributed by atoms with Gasteiger partial charge >= 0.3 is 0 Å². The molecule has 6 heteroatoms. The van der Waals surface area contributed by atoms with Crippen LogP contribution in [0.4, 0.5) is 11.4 Å². The number of amides is 1. The zero-order chi connectivity index (χ0) is 19.4. The molecule has 1 N–H and O–H groups in total. The van der Waals surface area contributed by atoms with Crippen LogP contribution in [-0.2, 0) is 11.2 Å². The maximum absolute atomic E-state index is 11.6. The van der Waals surface area contributed by atoms with E-state index in [0.29, 0.717) is 13.0 Å². The fourth-order valence-electron chi connectivity index (χ4n) is 4.15. The van der Waals surface area contributed by atoms with Crippen LogP contribution in [0, 0.1) is 0 Å². The molecule has 1 saturated heterocycles. The van der Waals surface area contributed by atoms with E-state index in [9.17, 15) is 4.79 Å². The van der Waals surface area contributed by atoms with Crippen LogP contribution in [0.2, 0.25) is 0 Å². The van der Waals surface area contributed by atoms with E-state index in [1.807, 2.05) is 12.1 Å². The molecule has 2 heterocycles. The number of para-hydroxylation sites is 1. The van der Waals surface area contributed by atoms with Gasteiger partial charge in [-0.25, -0.2) is 0 Å². The van der Waals surface area contributed by atoms with Crippen molar-refractivity contribution in [2.24, 2.45) is 0 Å². The second-order valence-corrected chi connectivity index (χ2v) is 8.18. The Morgan fingerprint density at radius 2 is 1.83 bits per heavy atom. The summed E-state index contributed by atoms with van der Waals surface area (Å²) in [6.45, 7) is 6.38. The SMILES string of the molecule is C[N+]1(CCCOc2ccc3c(c2)NC(=O)CC3)CCN(c2ccccc2)CC1.[I-]. The number of quaternary nitrogens is 1. The van der Waals surface area contributed by atoms with Crippen LogP contribution in [0.1, 0.15) is 18.4 Å². The number of hydrogen-bond acceptors (Lipinski definition) is 3. The fourth-order valence-corrected chi connectivity index (χ4v) is 4.15. The molecule has 0 radical (unpaired) electrons. The highest BCUT2D eigenvalue weighted by atomic mass is 127. The molecule has 2 aliphatic rings. The molecule has 1 fully saturated rings. The van der Waals surface area contributed by atoms with Crippen molar-refractivity contribution in [3.63, 3.8) is 0 Å². The summed E-state index contributed by atoms with van der Waals surface area (Å²) in [5, 5.41) is 2.94.